The monoisotopic (exact) mass is 424 g/mol. The van der Waals surface area contributed by atoms with Gasteiger partial charge in [0.25, 0.3) is 0 Å². The van der Waals surface area contributed by atoms with E-state index in [0.717, 1.165) is 35.0 Å². The average molecular weight is 424 g/mol. The van der Waals surface area contributed by atoms with Crippen molar-refractivity contribution < 1.29 is 22.8 Å². The summed E-state index contributed by atoms with van der Waals surface area (Å²) in [6, 6.07) is 16.5. The number of aromatic nitrogens is 1. The molecule has 0 saturated carbocycles. The van der Waals surface area contributed by atoms with Gasteiger partial charge in [-0.15, -0.1) is 0 Å². The Bertz CT molecular complexity index is 1120. The SMILES string of the molecule is Cc1cccc(C(=O)Cc2cccc(/C=C/C(=O)Nc3ccc(C(F)(F)F)nc3)c2)c1. The van der Waals surface area contributed by atoms with Gasteiger partial charge in [-0.3, -0.25) is 9.59 Å². The number of nitrogens with one attached hydrogen (secondary N) is 1. The number of alkyl halides is 3. The number of carbonyl (C=O) groups is 2. The second-order valence-electron chi connectivity index (χ2n) is 6.97. The lowest BCUT2D eigenvalue weighted by molar-refractivity contribution is -0.141. The first-order valence-corrected chi connectivity index (χ1v) is 9.42. The van der Waals surface area contributed by atoms with Crippen LogP contribution in [-0.4, -0.2) is 16.7 Å². The molecule has 0 bridgehead atoms. The summed E-state index contributed by atoms with van der Waals surface area (Å²) in [6.45, 7) is 1.92. The Kier molecular flexibility index (Phi) is 6.65. The van der Waals surface area contributed by atoms with Gasteiger partial charge in [0, 0.05) is 18.1 Å². The van der Waals surface area contributed by atoms with Crippen LogP contribution in [0.5, 0.6) is 0 Å². The van der Waals surface area contributed by atoms with Crippen molar-refractivity contribution in [2.45, 2.75) is 19.5 Å². The highest BCUT2D eigenvalue weighted by Gasteiger charge is 2.32. The zero-order valence-corrected chi connectivity index (χ0v) is 16.6. The van der Waals surface area contributed by atoms with Gasteiger partial charge in [-0.05, 0) is 42.3 Å². The number of hydrogen-bond donors (Lipinski definition) is 1. The molecule has 158 valence electrons. The highest BCUT2D eigenvalue weighted by molar-refractivity contribution is 6.02. The average Bonchev–Trinajstić information content (AvgIpc) is 2.72. The maximum Gasteiger partial charge on any atom is 0.433 e. The van der Waals surface area contributed by atoms with Crippen molar-refractivity contribution in [1.29, 1.82) is 0 Å². The summed E-state index contributed by atoms with van der Waals surface area (Å²) in [5.74, 6) is -0.514. The quantitative estimate of drug-likeness (QED) is 0.421. The smallest absolute Gasteiger partial charge is 0.321 e. The van der Waals surface area contributed by atoms with Crippen LogP contribution in [0, 0.1) is 6.92 Å². The van der Waals surface area contributed by atoms with Gasteiger partial charge in [0.15, 0.2) is 5.78 Å². The molecule has 1 aromatic heterocycles. The second kappa shape index (κ2) is 9.38. The number of amides is 1. The number of pyridine rings is 1. The molecule has 0 spiro atoms. The predicted octanol–water partition coefficient (Wildman–Crippen LogP) is 5.49. The molecule has 3 aromatic rings. The van der Waals surface area contributed by atoms with Gasteiger partial charge < -0.3 is 5.32 Å². The molecule has 3 rings (SSSR count). The molecule has 31 heavy (non-hydrogen) atoms. The highest BCUT2D eigenvalue weighted by Crippen LogP contribution is 2.27. The van der Waals surface area contributed by atoms with E-state index in [9.17, 15) is 22.8 Å². The number of Topliss-reactive ketones (excluding diaryl/α,β-unsaturated/α-hetero) is 1. The van der Waals surface area contributed by atoms with E-state index in [-0.39, 0.29) is 17.9 Å². The Morgan fingerprint density at radius 3 is 2.48 bits per heavy atom. The van der Waals surface area contributed by atoms with Gasteiger partial charge in [0.2, 0.25) is 5.91 Å². The Balaban J connectivity index is 1.62. The lowest BCUT2D eigenvalue weighted by Crippen LogP contribution is -2.11. The van der Waals surface area contributed by atoms with Crippen LogP contribution < -0.4 is 5.32 Å². The van der Waals surface area contributed by atoms with Gasteiger partial charge in [0.1, 0.15) is 5.69 Å². The minimum absolute atomic E-state index is 0.00243. The molecular formula is C24H19F3N2O2. The lowest BCUT2D eigenvalue weighted by atomic mass is 10.00. The molecule has 2 aromatic carbocycles. The molecule has 0 radical (unpaired) electrons. The predicted molar refractivity (Wildman–Crippen MR) is 113 cm³/mol. The molecule has 0 aliphatic heterocycles. The standard InChI is InChI=1S/C24H19F3N2O2/c1-16-4-2-7-19(12-16)21(30)14-18-6-3-5-17(13-18)8-11-23(31)29-20-9-10-22(28-15-20)24(25,26)27/h2-13,15H,14H2,1H3,(H,29,31)/b11-8+. The van der Waals surface area contributed by atoms with Crippen LogP contribution in [0.2, 0.25) is 0 Å². The molecule has 0 atom stereocenters. The molecular weight excluding hydrogens is 405 g/mol. The minimum Gasteiger partial charge on any atom is -0.321 e. The van der Waals surface area contributed by atoms with Gasteiger partial charge in [-0.2, -0.15) is 13.2 Å². The largest absolute Gasteiger partial charge is 0.433 e. The Morgan fingerprint density at radius 1 is 1.03 bits per heavy atom. The van der Waals surface area contributed by atoms with Crippen molar-refractivity contribution in [3.05, 3.63) is 101 Å². The number of benzene rings is 2. The normalized spacial score (nSPS) is 11.5. The number of aryl methyl sites for hydroxylation is 1. The number of hydrogen-bond acceptors (Lipinski definition) is 3. The number of carbonyl (C=O) groups excluding carboxylic acids is 2. The maximum atomic E-state index is 12.5. The van der Waals surface area contributed by atoms with Gasteiger partial charge >= 0.3 is 6.18 Å². The van der Waals surface area contributed by atoms with Crippen LogP contribution in [0.4, 0.5) is 18.9 Å². The number of anilines is 1. The minimum atomic E-state index is -4.53. The fourth-order valence-corrected chi connectivity index (χ4v) is 2.90. The third-order valence-corrected chi connectivity index (χ3v) is 4.40. The van der Waals surface area contributed by atoms with Gasteiger partial charge in [0.05, 0.1) is 11.9 Å². The van der Waals surface area contributed by atoms with Crippen molar-refractivity contribution >= 4 is 23.5 Å². The van der Waals surface area contributed by atoms with Crippen LogP contribution in [0.1, 0.15) is 32.7 Å². The van der Waals surface area contributed by atoms with Gasteiger partial charge in [-0.25, -0.2) is 4.98 Å². The van der Waals surface area contributed by atoms with Crippen molar-refractivity contribution in [3.8, 4) is 0 Å². The molecule has 0 aliphatic carbocycles. The molecule has 1 heterocycles. The molecule has 1 N–H and O–H groups in total. The summed E-state index contributed by atoms with van der Waals surface area (Å²) in [6.07, 6.45) is -0.526. The summed E-state index contributed by atoms with van der Waals surface area (Å²) in [5.41, 5.74) is 2.30. The lowest BCUT2D eigenvalue weighted by Gasteiger charge is -2.06. The fourth-order valence-electron chi connectivity index (χ4n) is 2.90. The molecule has 0 fully saturated rings. The van der Waals surface area contributed by atoms with Gasteiger partial charge in [-0.1, -0.05) is 48.0 Å². The summed E-state index contributed by atoms with van der Waals surface area (Å²) in [5, 5.41) is 2.45. The summed E-state index contributed by atoms with van der Waals surface area (Å²) >= 11 is 0. The van der Waals surface area contributed by atoms with E-state index in [0.29, 0.717) is 5.56 Å². The Labute approximate surface area is 177 Å². The molecule has 0 aliphatic rings. The van der Waals surface area contributed by atoms with Crippen molar-refractivity contribution in [2.75, 3.05) is 5.32 Å². The Hall–Kier alpha value is -3.74. The van der Waals surface area contributed by atoms with E-state index in [2.05, 4.69) is 10.3 Å². The van der Waals surface area contributed by atoms with E-state index in [1.54, 1.807) is 30.3 Å². The highest BCUT2D eigenvalue weighted by atomic mass is 19.4. The number of halogens is 3. The summed E-state index contributed by atoms with van der Waals surface area (Å²) < 4.78 is 37.6. The Morgan fingerprint density at radius 2 is 1.81 bits per heavy atom. The topological polar surface area (TPSA) is 59.1 Å². The molecule has 1 amide bonds. The molecule has 4 nitrogen and oxygen atoms in total. The maximum absolute atomic E-state index is 12.5. The molecule has 7 heteroatoms. The zero-order valence-electron chi connectivity index (χ0n) is 16.6. The first-order chi connectivity index (χ1) is 14.7. The van der Waals surface area contributed by atoms with E-state index in [1.807, 2.05) is 31.2 Å². The van der Waals surface area contributed by atoms with Crippen LogP contribution in [-0.2, 0) is 17.4 Å². The number of nitrogens with zero attached hydrogens (tertiary/aromatic N) is 1. The van der Waals surface area contributed by atoms with E-state index < -0.39 is 17.8 Å². The van der Waals surface area contributed by atoms with E-state index >= 15 is 0 Å². The first-order valence-electron chi connectivity index (χ1n) is 9.42. The number of rotatable bonds is 6. The van der Waals surface area contributed by atoms with Crippen molar-refractivity contribution in [2.24, 2.45) is 0 Å². The molecule has 0 unspecified atom stereocenters. The van der Waals surface area contributed by atoms with Crippen LogP contribution in [0.15, 0.2) is 72.9 Å². The molecule has 0 saturated heterocycles. The summed E-state index contributed by atoms with van der Waals surface area (Å²) in [4.78, 5) is 27.8. The van der Waals surface area contributed by atoms with Crippen LogP contribution >= 0.6 is 0 Å². The summed E-state index contributed by atoms with van der Waals surface area (Å²) in [7, 11) is 0. The second-order valence-corrected chi connectivity index (χ2v) is 6.97. The van der Waals surface area contributed by atoms with Crippen LogP contribution in [0.25, 0.3) is 6.08 Å². The van der Waals surface area contributed by atoms with E-state index in [4.69, 9.17) is 0 Å². The van der Waals surface area contributed by atoms with Crippen molar-refractivity contribution in [1.82, 2.24) is 4.98 Å². The van der Waals surface area contributed by atoms with E-state index in [1.165, 1.54) is 6.08 Å². The first kappa shape index (κ1) is 22.0. The third kappa shape index (κ3) is 6.37. The number of ketones is 1. The van der Waals surface area contributed by atoms with Crippen molar-refractivity contribution in [3.63, 3.8) is 0 Å². The van der Waals surface area contributed by atoms with Crippen LogP contribution in [0.3, 0.4) is 0 Å². The fraction of sp³-hybridized carbons (Fsp3) is 0.125. The zero-order chi connectivity index (χ0) is 22.4. The third-order valence-electron chi connectivity index (χ3n) is 4.40.